The molecule has 4 heterocycles. The fraction of sp³-hybridized carbons (Fsp3) is 0.524. The summed E-state index contributed by atoms with van der Waals surface area (Å²) < 4.78 is 0. The topological polar surface area (TPSA) is 437 Å². The van der Waals surface area contributed by atoms with Crippen LogP contribution in [-0.4, -0.2) is 161 Å². The quantitative estimate of drug-likeness (QED) is 0.0186. The highest BCUT2D eigenvalue weighted by Gasteiger charge is 2.37. The third kappa shape index (κ3) is 17.5. The van der Waals surface area contributed by atoms with Gasteiger partial charge in [-0.2, -0.15) is 0 Å². The van der Waals surface area contributed by atoms with Crippen molar-refractivity contribution in [1.82, 2.24) is 61.8 Å². The Morgan fingerprint density at radius 2 is 1.56 bits per heavy atom. The number of carbonyl (C=O) groups is 7. The lowest BCUT2D eigenvalue weighted by atomic mass is 9.96. The molecule has 4 rings (SSSR count). The number of imidazole rings is 1. The summed E-state index contributed by atoms with van der Waals surface area (Å²) in [5, 5.41) is 53.5. The van der Waals surface area contributed by atoms with Crippen LogP contribution < -0.4 is 71.8 Å². The van der Waals surface area contributed by atoms with E-state index in [1.165, 1.54) is 62.9 Å². The molecule has 0 radical (unpaired) electrons. The molecule has 396 valence electrons. The number of carbonyl (C=O) groups excluding carboxylic acids is 7. The Morgan fingerprint density at radius 3 is 2.18 bits per heavy atom. The van der Waals surface area contributed by atoms with Gasteiger partial charge in [0.15, 0.2) is 0 Å². The highest BCUT2D eigenvalue weighted by atomic mass is 79.9. The molecule has 0 aromatic carbocycles. The molecule has 0 fully saturated rings. The Labute approximate surface area is 436 Å². The summed E-state index contributed by atoms with van der Waals surface area (Å²) in [6.45, 7) is 5.80. The zero-order chi connectivity index (χ0) is 52.7. The Hall–Kier alpha value is -5.73. The van der Waals surface area contributed by atoms with E-state index in [9.17, 15) is 48.9 Å². The molecule has 0 aliphatic carbocycles. The van der Waals surface area contributed by atoms with E-state index in [1.54, 1.807) is 10.8 Å². The Kier molecular flexibility index (Phi) is 24.0. The van der Waals surface area contributed by atoms with Crippen LogP contribution in [0.3, 0.4) is 0 Å². The first-order valence-corrected chi connectivity index (χ1v) is 26.1. The maximum Gasteiger partial charge on any atom is 0.271 e. The number of aliphatic hydroxyl groups excluding tert-OH is 3. The van der Waals surface area contributed by atoms with Gasteiger partial charge in [0.05, 0.1) is 72.0 Å². The van der Waals surface area contributed by atoms with Gasteiger partial charge in [0.2, 0.25) is 29.5 Å². The fourth-order valence-corrected chi connectivity index (χ4v) is 8.95. The van der Waals surface area contributed by atoms with Crippen LogP contribution in [0.4, 0.5) is 5.82 Å². The maximum absolute atomic E-state index is 13.9. The van der Waals surface area contributed by atoms with Crippen LogP contribution in [0.25, 0.3) is 10.7 Å². The molecule has 26 nitrogen and oxygen atoms in total. The summed E-state index contributed by atoms with van der Waals surface area (Å²) in [5.41, 5.74) is 23.1. The van der Waals surface area contributed by atoms with Gasteiger partial charge in [-0.05, 0) is 31.7 Å². The molecule has 0 aliphatic heterocycles. The lowest BCUT2D eigenvalue weighted by molar-refractivity contribution is -0.136. The van der Waals surface area contributed by atoms with E-state index in [4.69, 9.17) is 22.9 Å². The molecule has 7 unspecified atom stereocenters. The molecular weight excluding hydrogens is 1060 g/mol. The molecule has 30 heteroatoms. The van der Waals surface area contributed by atoms with E-state index in [2.05, 4.69) is 74.3 Å². The third-order valence-corrected chi connectivity index (χ3v) is 13.7. The Balaban J connectivity index is 0.0000137. The number of thiazole rings is 2. The summed E-state index contributed by atoms with van der Waals surface area (Å²) in [7, 11) is 0.295. The maximum atomic E-state index is 13.9. The van der Waals surface area contributed by atoms with Gasteiger partial charge in [0.1, 0.15) is 57.7 Å². The number of nitrogen functional groups attached to an aromatic ring is 1. The third-order valence-electron chi connectivity index (χ3n) is 10.8. The summed E-state index contributed by atoms with van der Waals surface area (Å²) in [6.07, 6.45) is 2.70. The van der Waals surface area contributed by atoms with E-state index < -0.39 is 96.3 Å². The fourth-order valence-electron chi connectivity index (χ4n) is 6.61. The van der Waals surface area contributed by atoms with Crippen molar-refractivity contribution in [2.75, 3.05) is 43.6 Å². The Morgan fingerprint density at radius 1 is 0.847 bits per heavy atom. The number of hydrogen-bond donors (Lipinski definition) is 14. The average molecular weight is 1130 g/mol. The highest BCUT2D eigenvalue weighted by Crippen LogP contribution is 2.26. The smallest absolute Gasteiger partial charge is 0.271 e. The van der Waals surface area contributed by atoms with Crippen molar-refractivity contribution in [2.45, 2.75) is 95.5 Å². The zero-order valence-electron chi connectivity index (χ0n) is 40.3. The van der Waals surface area contributed by atoms with Crippen LogP contribution in [0.5, 0.6) is 0 Å². The number of hydrogen-bond acceptors (Lipinski definition) is 20. The van der Waals surface area contributed by atoms with Crippen molar-refractivity contribution in [1.29, 1.82) is 0 Å². The van der Waals surface area contributed by atoms with Crippen LogP contribution in [0.2, 0.25) is 0 Å². The van der Waals surface area contributed by atoms with Gasteiger partial charge in [0.25, 0.3) is 11.8 Å². The molecule has 4 aromatic heterocycles. The van der Waals surface area contributed by atoms with E-state index in [-0.39, 0.29) is 64.6 Å². The van der Waals surface area contributed by atoms with E-state index in [0.29, 0.717) is 45.3 Å². The summed E-state index contributed by atoms with van der Waals surface area (Å²) in [6, 6.07) is -6.77. The molecule has 0 aliphatic rings. The van der Waals surface area contributed by atoms with E-state index >= 15 is 0 Å². The van der Waals surface area contributed by atoms with Gasteiger partial charge in [-0.3, -0.25) is 33.6 Å². The molecular formula is C42H63BrN16O10S3. The number of rotatable bonds is 28. The second kappa shape index (κ2) is 28.5. The molecule has 4 aromatic rings. The molecule has 18 N–H and O–H groups in total. The predicted octanol–water partition coefficient (Wildman–Crippen LogP) is -6.45. The van der Waals surface area contributed by atoms with Crippen molar-refractivity contribution in [2.24, 2.45) is 23.1 Å². The van der Waals surface area contributed by atoms with Gasteiger partial charge in [0, 0.05) is 55.2 Å². The number of aromatic amines is 1. The largest absolute Gasteiger partial charge is 1.00 e. The van der Waals surface area contributed by atoms with Crippen LogP contribution >= 0.6 is 22.7 Å². The van der Waals surface area contributed by atoms with Gasteiger partial charge in [-0.15, -0.1) is 22.7 Å². The normalized spacial score (nSPS) is 15.0. The zero-order valence-corrected chi connectivity index (χ0v) is 44.3. The first-order valence-electron chi connectivity index (χ1n) is 22.1. The molecule has 0 saturated heterocycles. The molecule has 7 amide bonds. The predicted molar refractivity (Wildman–Crippen MR) is 265 cm³/mol. The number of anilines is 1. The van der Waals surface area contributed by atoms with E-state index in [0.717, 1.165) is 12.2 Å². The van der Waals surface area contributed by atoms with Gasteiger partial charge in [-0.25, -0.2) is 24.9 Å². The molecule has 72 heavy (non-hydrogen) atoms. The second-order valence-corrected chi connectivity index (χ2v) is 21.0. The standard InChI is InChI=1S/C42H62N16O10S3.BrH/c1-18-29(55-36(58-34(18)45)23(12-27(44)60)50-13-22(43)35(46)63)40(67)57-31(33(62)24-14-47-17-51-24)41(68)52-20(3)32(61)19(2)37(64)56-30(21(4)59)39(66)49-10-8-28-53-26(16-69-28)42-54-25(15-70-42)38(65)48-9-7-11-71(5)6;/h14-17,19-23,30-33,50,59,61-62H,7-13,43H2,1-6H3,(H11-,44,45,46,47,48,49,51,52,55,56,57,58,60,63,64,65,66,67,68);1H/t19-,20?,21?,22-,23?,30?,31?,32?,33?;/m0./s1. The minimum Gasteiger partial charge on any atom is -1.00 e. The first kappa shape index (κ1) is 60.6. The molecule has 0 bridgehead atoms. The van der Waals surface area contributed by atoms with Crippen molar-refractivity contribution in [3.05, 3.63) is 56.8 Å². The first-order chi connectivity index (χ1) is 33.5. The molecule has 0 saturated carbocycles. The number of nitrogens with one attached hydrogen (secondary N) is 7. The van der Waals surface area contributed by atoms with Gasteiger partial charge < -0.3 is 92.1 Å². The average Bonchev–Trinajstić information content (AvgIpc) is 4.13. The van der Waals surface area contributed by atoms with Crippen LogP contribution in [0, 0.1) is 12.8 Å². The van der Waals surface area contributed by atoms with E-state index in [1.807, 2.05) is 0 Å². The van der Waals surface area contributed by atoms with Gasteiger partial charge >= 0.3 is 0 Å². The molecule has 9 atom stereocenters. The number of nitrogens with zero attached hydrogens (tertiary/aromatic N) is 5. The molecule has 0 spiro atoms. The number of amides is 7. The highest BCUT2D eigenvalue weighted by molar-refractivity contribution is 7.95. The minimum atomic E-state index is -1.81. The summed E-state index contributed by atoms with van der Waals surface area (Å²) in [4.78, 5) is 115. The number of nitrogens with two attached hydrogens (primary N) is 4. The second-order valence-electron chi connectivity index (χ2n) is 16.8. The van der Waals surface area contributed by atoms with Crippen molar-refractivity contribution in [3.63, 3.8) is 0 Å². The number of H-pyrrole nitrogens is 1. The minimum absolute atomic E-state index is 0. The number of aliphatic hydroxyl groups is 3. The SMILES string of the molecule is Cc1c(N)nc(C(CC(N)=O)NC[C@H](N)C(N)=O)nc1C(=O)NC(C(=O)NC(C)C(O)[C@H](C)C(=O)NC(C(=O)NCCc1nc(-c2nc(C(=O)NCCC[S+](C)C)cs2)cs1)C(C)O)C(O)c1cnc[nH]1.[Br-]. The lowest BCUT2D eigenvalue weighted by Crippen LogP contribution is -3.00. The van der Waals surface area contributed by atoms with Crippen LogP contribution in [-0.2, 0) is 41.3 Å². The Bertz CT molecular complexity index is 2480. The van der Waals surface area contributed by atoms with Crippen molar-refractivity contribution < 1.29 is 65.9 Å². The van der Waals surface area contributed by atoms with Crippen molar-refractivity contribution in [3.8, 4) is 10.7 Å². The summed E-state index contributed by atoms with van der Waals surface area (Å²) in [5.74, 6) is -6.24. The number of halogens is 1. The lowest BCUT2D eigenvalue weighted by Gasteiger charge is -2.30. The van der Waals surface area contributed by atoms with Crippen LogP contribution in [0.15, 0.2) is 23.3 Å². The summed E-state index contributed by atoms with van der Waals surface area (Å²) >= 11 is 2.62. The van der Waals surface area contributed by atoms with Crippen LogP contribution in [0.1, 0.15) is 88.8 Å². The number of primary amides is 2. The van der Waals surface area contributed by atoms with Crippen molar-refractivity contribution >= 4 is 80.7 Å². The monoisotopic (exact) mass is 1130 g/mol. The van der Waals surface area contributed by atoms with Gasteiger partial charge in [-0.1, -0.05) is 6.92 Å². The number of aromatic nitrogens is 6.